The third-order valence-electron chi connectivity index (χ3n) is 4.47. The van der Waals surface area contributed by atoms with Gasteiger partial charge in [0.2, 0.25) is 0 Å². The van der Waals surface area contributed by atoms with Crippen molar-refractivity contribution in [1.82, 2.24) is 14.9 Å². The molecule has 0 spiro atoms. The standard InChI is InChI=1S/C23H33N3O4S/c1-15-12-18(24-20(13-15)26-16(2)8-9-17(26)3)10-11-31-14-19(21(27)29-7)25-22(28)30-23(4,5)6/h8-9,12-13,19H,10-11,14H2,1-7H3,(H,25,28)/t19-/m0/s1. The molecule has 0 aliphatic heterocycles. The second-order valence-corrected chi connectivity index (χ2v) is 9.64. The van der Waals surface area contributed by atoms with Crippen molar-refractivity contribution in [2.24, 2.45) is 0 Å². The van der Waals surface area contributed by atoms with Crippen LogP contribution < -0.4 is 5.32 Å². The van der Waals surface area contributed by atoms with Crippen LogP contribution in [0.15, 0.2) is 24.3 Å². The second kappa shape index (κ2) is 10.7. The first-order valence-electron chi connectivity index (χ1n) is 10.3. The van der Waals surface area contributed by atoms with E-state index in [-0.39, 0.29) is 0 Å². The minimum atomic E-state index is -0.768. The fraction of sp³-hybridized carbons (Fsp3) is 0.522. The molecule has 1 N–H and O–H groups in total. The lowest BCUT2D eigenvalue weighted by Gasteiger charge is -2.22. The molecule has 0 saturated carbocycles. The minimum Gasteiger partial charge on any atom is -0.467 e. The summed E-state index contributed by atoms with van der Waals surface area (Å²) in [5.74, 6) is 1.57. The predicted molar refractivity (Wildman–Crippen MR) is 124 cm³/mol. The number of nitrogens with zero attached hydrogens (tertiary/aromatic N) is 2. The second-order valence-electron chi connectivity index (χ2n) is 8.49. The van der Waals surface area contributed by atoms with Gasteiger partial charge in [0, 0.05) is 22.8 Å². The molecule has 2 heterocycles. The number of nitrogens with one attached hydrogen (secondary N) is 1. The van der Waals surface area contributed by atoms with Crippen molar-refractivity contribution in [3.63, 3.8) is 0 Å². The summed E-state index contributed by atoms with van der Waals surface area (Å²) in [5, 5.41) is 2.60. The minimum absolute atomic E-state index is 0.389. The Morgan fingerprint density at radius 3 is 2.39 bits per heavy atom. The van der Waals surface area contributed by atoms with Gasteiger partial charge < -0.3 is 19.4 Å². The van der Waals surface area contributed by atoms with E-state index < -0.39 is 23.7 Å². The number of carbonyl (C=O) groups is 2. The van der Waals surface area contributed by atoms with Gasteiger partial charge in [-0.2, -0.15) is 11.8 Å². The lowest BCUT2D eigenvalue weighted by Crippen LogP contribution is -2.45. The SMILES string of the molecule is COC(=O)[C@H](CSCCc1cc(C)cc(-n2c(C)ccc2C)n1)NC(=O)OC(C)(C)C. The molecule has 0 aliphatic carbocycles. The maximum atomic E-state index is 12.0. The number of amides is 1. The molecule has 7 nitrogen and oxygen atoms in total. The molecule has 0 aromatic carbocycles. The summed E-state index contributed by atoms with van der Waals surface area (Å²) >= 11 is 1.56. The van der Waals surface area contributed by atoms with E-state index in [0.717, 1.165) is 40.6 Å². The zero-order chi connectivity index (χ0) is 23.2. The van der Waals surface area contributed by atoms with Crippen molar-refractivity contribution < 1.29 is 19.1 Å². The molecule has 2 rings (SSSR count). The fourth-order valence-electron chi connectivity index (χ4n) is 3.13. The van der Waals surface area contributed by atoms with Crippen LogP contribution in [-0.4, -0.2) is 51.9 Å². The van der Waals surface area contributed by atoms with Gasteiger partial charge in [-0.15, -0.1) is 0 Å². The smallest absolute Gasteiger partial charge is 0.408 e. The third kappa shape index (κ3) is 7.61. The van der Waals surface area contributed by atoms with E-state index >= 15 is 0 Å². The van der Waals surface area contributed by atoms with Gasteiger partial charge in [-0.1, -0.05) is 0 Å². The summed E-state index contributed by atoms with van der Waals surface area (Å²) in [6, 6.07) is 7.55. The van der Waals surface area contributed by atoms with Gasteiger partial charge in [0.25, 0.3) is 0 Å². The van der Waals surface area contributed by atoms with E-state index in [0.29, 0.717) is 5.75 Å². The lowest BCUT2D eigenvalue weighted by atomic mass is 10.2. The predicted octanol–water partition coefficient (Wildman–Crippen LogP) is 4.14. The summed E-state index contributed by atoms with van der Waals surface area (Å²) in [4.78, 5) is 28.9. The van der Waals surface area contributed by atoms with Crippen LogP contribution in [0, 0.1) is 20.8 Å². The number of carbonyl (C=O) groups excluding carboxylic acids is 2. The van der Waals surface area contributed by atoms with E-state index in [1.807, 2.05) is 0 Å². The first kappa shape index (κ1) is 24.8. The lowest BCUT2D eigenvalue weighted by molar-refractivity contribution is -0.142. The Labute approximate surface area is 188 Å². The van der Waals surface area contributed by atoms with E-state index in [4.69, 9.17) is 14.5 Å². The van der Waals surface area contributed by atoms with Crippen LogP contribution in [0.4, 0.5) is 4.79 Å². The van der Waals surface area contributed by atoms with E-state index in [2.05, 4.69) is 54.9 Å². The van der Waals surface area contributed by atoms with Gasteiger partial charge in [-0.25, -0.2) is 14.6 Å². The molecule has 1 atom stereocenters. The van der Waals surface area contributed by atoms with Crippen molar-refractivity contribution in [3.8, 4) is 5.82 Å². The molecular formula is C23H33N3O4S. The number of ether oxygens (including phenoxy) is 2. The fourth-order valence-corrected chi connectivity index (χ4v) is 4.11. The van der Waals surface area contributed by atoms with E-state index in [1.165, 1.54) is 7.11 Å². The summed E-state index contributed by atoms with van der Waals surface area (Å²) in [5.41, 5.74) is 3.79. The maximum Gasteiger partial charge on any atom is 0.408 e. The van der Waals surface area contributed by atoms with Crippen LogP contribution in [0.25, 0.3) is 5.82 Å². The van der Waals surface area contributed by atoms with Crippen LogP contribution in [0.2, 0.25) is 0 Å². The molecule has 0 aliphatic rings. The Bertz CT molecular complexity index is 899. The van der Waals surface area contributed by atoms with Gasteiger partial charge in [0.15, 0.2) is 0 Å². The number of esters is 1. The Morgan fingerprint density at radius 2 is 1.81 bits per heavy atom. The monoisotopic (exact) mass is 447 g/mol. The molecule has 0 saturated heterocycles. The number of pyridine rings is 1. The summed E-state index contributed by atoms with van der Waals surface area (Å²) in [6.45, 7) is 11.5. The zero-order valence-electron chi connectivity index (χ0n) is 19.4. The molecule has 0 bridgehead atoms. The third-order valence-corrected chi connectivity index (χ3v) is 5.54. The number of rotatable bonds is 8. The Balaban J connectivity index is 1.97. The Hall–Kier alpha value is -2.48. The van der Waals surface area contributed by atoms with Gasteiger partial charge in [0.05, 0.1) is 7.11 Å². The van der Waals surface area contributed by atoms with Crippen LogP contribution in [0.1, 0.15) is 43.4 Å². The van der Waals surface area contributed by atoms with E-state index in [1.54, 1.807) is 32.5 Å². The Kier molecular flexibility index (Phi) is 8.56. The molecule has 170 valence electrons. The van der Waals surface area contributed by atoms with Crippen LogP contribution in [-0.2, 0) is 20.7 Å². The molecule has 0 fully saturated rings. The number of methoxy groups -OCH3 is 1. The zero-order valence-corrected chi connectivity index (χ0v) is 20.3. The van der Waals surface area contributed by atoms with Crippen molar-refractivity contribution in [3.05, 3.63) is 46.9 Å². The van der Waals surface area contributed by atoms with Gasteiger partial charge >= 0.3 is 12.1 Å². The van der Waals surface area contributed by atoms with Crippen molar-refractivity contribution in [2.75, 3.05) is 18.6 Å². The number of hydrogen-bond acceptors (Lipinski definition) is 6. The quantitative estimate of drug-likeness (QED) is 0.484. The number of alkyl carbamates (subject to hydrolysis) is 1. The number of aryl methyl sites for hydroxylation is 4. The molecule has 0 radical (unpaired) electrons. The first-order chi connectivity index (χ1) is 14.5. The van der Waals surface area contributed by atoms with Gasteiger partial charge in [-0.05, 0) is 83.5 Å². The molecular weight excluding hydrogens is 414 g/mol. The Morgan fingerprint density at radius 1 is 1.16 bits per heavy atom. The number of thioether (sulfide) groups is 1. The highest BCUT2D eigenvalue weighted by atomic mass is 32.2. The largest absolute Gasteiger partial charge is 0.467 e. The summed E-state index contributed by atoms with van der Waals surface area (Å²) in [6.07, 6.45) is 0.116. The van der Waals surface area contributed by atoms with Crippen molar-refractivity contribution in [1.29, 1.82) is 0 Å². The summed E-state index contributed by atoms with van der Waals surface area (Å²) < 4.78 is 12.2. The van der Waals surface area contributed by atoms with Gasteiger partial charge in [-0.3, -0.25) is 0 Å². The van der Waals surface area contributed by atoms with Gasteiger partial charge in [0.1, 0.15) is 17.5 Å². The van der Waals surface area contributed by atoms with Crippen LogP contribution in [0.3, 0.4) is 0 Å². The van der Waals surface area contributed by atoms with Crippen molar-refractivity contribution in [2.45, 2.75) is 59.6 Å². The normalized spacial score (nSPS) is 12.4. The summed E-state index contributed by atoms with van der Waals surface area (Å²) in [7, 11) is 1.31. The first-order valence-corrected chi connectivity index (χ1v) is 11.4. The molecule has 2 aromatic rings. The molecule has 2 aromatic heterocycles. The topological polar surface area (TPSA) is 82.5 Å². The average Bonchev–Trinajstić information content (AvgIpc) is 3.00. The highest BCUT2D eigenvalue weighted by Gasteiger charge is 2.25. The average molecular weight is 448 g/mol. The molecule has 1 amide bonds. The highest BCUT2D eigenvalue weighted by Crippen LogP contribution is 2.18. The maximum absolute atomic E-state index is 12.0. The van der Waals surface area contributed by atoms with Crippen LogP contribution >= 0.6 is 11.8 Å². The molecule has 8 heteroatoms. The van der Waals surface area contributed by atoms with Crippen molar-refractivity contribution >= 4 is 23.8 Å². The van der Waals surface area contributed by atoms with E-state index in [9.17, 15) is 9.59 Å². The van der Waals surface area contributed by atoms with Crippen LogP contribution in [0.5, 0.6) is 0 Å². The molecule has 31 heavy (non-hydrogen) atoms. The highest BCUT2D eigenvalue weighted by molar-refractivity contribution is 7.99. The number of hydrogen-bond donors (Lipinski definition) is 1. The molecule has 0 unspecified atom stereocenters. The number of aromatic nitrogens is 2.